The van der Waals surface area contributed by atoms with Crippen LogP contribution in [0, 0.1) is 11.8 Å². The van der Waals surface area contributed by atoms with Gasteiger partial charge in [0.15, 0.2) is 0 Å². The van der Waals surface area contributed by atoms with Gasteiger partial charge in [-0.1, -0.05) is 30.3 Å². The van der Waals surface area contributed by atoms with E-state index in [2.05, 4.69) is 0 Å². The first kappa shape index (κ1) is 19.7. The summed E-state index contributed by atoms with van der Waals surface area (Å²) in [6.07, 6.45) is 5.55. The van der Waals surface area contributed by atoms with Crippen LogP contribution in [0.2, 0.25) is 0 Å². The first-order valence-corrected chi connectivity index (χ1v) is 10.5. The van der Waals surface area contributed by atoms with Crippen molar-refractivity contribution in [2.24, 2.45) is 11.8 Å². The van der Waals surface area contributed by atoms with Crippen LogP contribution in [0.1, 0.15) is 47.7 Å². The number of aliphatic hydroxyl groups excluding tert-OH is 1. The highest BCUT2D eigenvalue weighted by atomic mass is 16.3. The van der Waals surface area contributed by atoms with E-state index in [0.717, 1.165) is 18.4 Å². The minimum absolute atomic E-state index is 0.0148. The minimum atomic E-state index is -0.467. The number of carbonyl (C=O) groups is 2. The Hall–Kier alpha value is -2.60. The van der Waals surface area contributed by atoms with E-state index in [4.69, 9.17) is 4.42 Å². The number of carbonyl (C=O) groups excluding carboxylic acids is 2. The summed E-state index contributed by atoms with van der Waals surface area (Å²) in [5, 5.41) is 10.6. The van der Waals surface area contributed by atoms with Gasteiger partial charge in [0.05, 0.1) is 17.9 Å². The van der Waals surface area contributed by atoms with Crippen molar-refractivity contribution in [3.8, 4) is 0 Å². The Morgan fingerprint density at radius 2 is 1.59 bits per heavy atom. The number of hydrogen-bond donors (Lipinski definition) is 1. The predicted molar refractivity (Wildman–Crippen MR) is 108 cm³/mol. The molecule has 6 nitrogen and oxygen atoms in total. The molecular formula is C23H28N2O4. The van der Waals surface area contributed by atoms with Crippen molar-refractivity contribution in [1.82, 2.24) is 9.80 Å². The van der Waals surface area contributed by atoms with Gasteiger partial charge in [0.2, 0.25) is 5.91 Å². The fourth-order valence-corrected chi connectivity index (χ4v) is 4.51. The molecule has 6 heteroatoms. The van der Waals surface area contributed by atoms with Crippen LogP contribution in [0.25, 0.3) is 0 Å². The maximum Gasteiger partial charge on any atom is 0.257 e. The number of likely N-dealkylation sites (tertiary alicyclic amines) is 2. The standard InChI is InChI=1S/C23H28N2O4/c26-21(17-4-2-1-3-5-17)18-6-11-24(12-7-18)22(27)19-8-13-25(14-9-19)23(28)20-10-15-29-16-20/h1-5,10,15-16,18-19,21,26H,6-9,11-14H2. The Balaban J connectivity index is 1.26. The summed E-state index contributed by atoms with van der Waals surface area (Å²) in [6, 6.07) is 11.4. The highest BCUT2D eigenvalue weighted by Crippen LogP contribution is 2.32. The van der Waals surface area contributed by atoms with E-state index in [0.29, 0.717) is 44.6 Å². The molecular weight excluding hydrogens is 368 g/mol. The smallest absolute Gasteiger partial charge is 0.257 e. The molecule has 0 bridgehead atoms. The number of nitrogens with zero attached hydrogens (tertiary/aromatic N) is 2. The van der Waals surface area contributed by atoms with Crippen molar-refractivity contribution < 1.29 is 19.1 Å². The lowest BCUT2D eigenvalue weighted by Gasteiger charge is -2.38. The Morgan fingerprint density at radius 3 is 2.21 bits per heavy atom. The van der Waals surface area contributed by atoms with Crippen molar-refractivity contribution in [3.05, 3.63) is 60.1 Å². The van der Waals surface area contributed by atoms with Crippen LogP contribution in [-0.4, -0.2) is 52.9 Å². The second-order valence-corrected chi connectivity index (χ2v) is 8.10. The van der Waals surface area contributed by atoms with Crippen molar-refractivity contribution in [2.75, 3.05) is 26.2 Å². The van der Waals surface area contributed by atoms with E-state index in [1.807, 2.05) is 35.2 Å². The van der Waals surface area contributed by atoms with Gasteiger partial charge in [-0.15, -0.1) is 0 Å². The van der Waals surface area contributed by atoms with Crippen molar-refractivity contribution >= 4 is 11.8 Å². The van der Waals surface area contributed by atoms with Gasteiger partial charge in [-0.25, -0.2) is 0 Å². The lowest BCUT2D eigenvalue weighted by Crippen LogP contribution is -2.47. The van der Waals surface area contributed by atoms with Crippen molar-refractivity contribution in [1.29, 1.82) is 0 Å². The Kier molecular flexibility index (Phi) is 6.00. The fourth-order valence-electron chi connectivity index (χ4n) is 4.51. The zero-order valence-electron chi connectivity index (χ0n) is 16.6. The van der Waals surface area contributed by atoms with Crippen LogP contribution in [-0.2, 0) is 4.79 Å². The lowest BCUT2D eigenvalue weighted by molar-refractivity contribution is -0.139. The molecule has 0 spiro atoms. The molecule has 1 atom stereocenters. The summed E-state index contributed by atoms with van der Waals surface area (Å²) in [5.41, 5.74) is 1.51. The summed E-state index contributed by atoms with van der Waals surface area (Å²) in [7, 11) is 0. The molecule has 2 aromatic rings. The second kappa shape index (κ2) is 8.82. The average molecular weight is 396 g/mol. The van der Waals surface area contributed by atoms with E-state index in [-0.39, 0.29) is 23.7 Å². The highest BCUT2D eigenvalue weighted by Gasteiger charge is 2.34. The van der Waals surface area contributed by atoms with Crippen LogP contribution in [0.3, 0.4) is 0 Å². The van der Waals surface area contributed by atoms with Crippen molar-refractivity contribution in [3.63, 3.8) is 0 Å². The molecule has 154 valence electrons. The summed E-state index contributed by atoms with van der Waals surface area (Å²) in [5.74, 6) is 0.350. The van der Waals surface area contributed by atoms with E-state index < -0.39 is 6.10 Å². The fraction of sp³-hybridized carbons (Fsp3) is 0.478. The molecule has 2 fully saturated rings. The molecule has 2 amide bonds. The summed E-state index contributed by atoms with van der Waals surface area (Å²) >= 11 is 0. The van der Waals surface area contributed by atoms with Crippen LogP contribution in [0.15, 0.2) is 53.3 Å². The van der Waals surface area contributed by atoms with E-state index in [1.165, 1.54) is 12.5 Å². The maximum atomic E-state index is 12.9. The van der Waals surface area contributed by atoms with Gasteiger partial charge >= 0.3 is 0 Å². The topological polar surface area (TPSA) is 74.0 Å². The molecule has 3 heterocycles. The minimum Gasteiger partial charge on any atom is -0.472 e. The Morgan fingerprint density at radius 1 is 0.931 bits per heavy atom. The molecule has 0 radical (unpaired) electrons. The third-order valence-electron chi connectivity index (χ3n) is 6.34. The van der Waals surface area contributed by atoms with E-state index in [1.54, 1.807) is 11.0 Å². The van der Waals surface area contributed by atoms with Gasteiger partial charge in [0, 0.05) is 32.1 Å². The van der Waals surface area contributed by atoms with Crippen LogP contribution in [0.5, 0.6) is 0 Å². The molecule has 29 heavy (non-hydrogen) atoms. The van der Waals surface area contributed by atoms with Gasteiger partial charge in [-0.3, -0.25) is 9.59 Å². The van der Waals surface area contributed by atoms with E-state index in [9.17, 15) is 14.7 Å². The molecule has 2 aliphatic rings. The SMILES string of the molecule is O=C(c1ccoc1)N1CCC(C(=O)N2CCC(C(O)c3ccccc3)CC2)CC1. The largest absolute Gasteiger partial charge is 0.472 e. The Labute approximate surface area is 171 Å². The molecule has 4 rings (SSSR count). The van der Waals surface area contributed by atoms with Crippen LogP contribution < -0.4 is 0 Å². The summed E-state index contributed by atoms with van der Waals surface area (Å²) in [4.78, 5) is 29.1. The van der Waals surface area contributed by atoms with Gasteiger partial charge in [0.1, 0.15) is 6.26 Å². The molecule has 1 N–H and O–H groups in total. The van der Waals surface area contributed by atoms with Gasteiger partial charge in [0.25, 0.3) is 5.91 Å². The Bertz CT molecular complexity index is 805. The number of rotatable bonds is 4. The molecule has 1 aromatic heterocycles. The molecule has 1 unspecified atom stereocenters. The number of hydrogen-bond acceptors (Lipinski definition) is 4. The second-order valence-electron chi connectivity index (χ2n) is 8.10. The third kappa shape index (κ3) is 4.37. The molecule has 2 aliphatic heterocycles. The number of benzene rings is 1. The average Bonchev–Trinajstić information content (AvgIpc) is 3.33. The predicted octanol–water partition coefficient (Wildman–Crippen LogP) is 3.10. The monoisotopic (exact) mass is 396 g/mol. The first-order valence-electron chi connectivity index (χ1n) is 10.5. The van der Waals surface area contributed by atoms with Crippen LogP contribution >= 0.6 is 0 Å². The molecule has 2 saturated heterocycles. The quantitative estimate of drug-likeness (QED) is 0.862. The number of aliphatic hydroxyl groups is 1. The highest BCUT2D eigenvalue weighted by molar-refractivity contribution is 5.94. The zero-order valence-corrected chi connectivity index (χ0v) is 16.6. The lowest BCUT2D eigenvalue weighted by atomic mass is 9.86. The molecule has 1 aromatic carbocycles. The van der Waals surface area contributed by atoms with E-state index >= 15 is 0 Å². The van der Waals surface area contributed by atoms with Gasteiger partial charge in [-0.05, 0) is 43.2 Å². The number of piperidine rings is 2. The zero-order chi connectivity index (χ0) is 20.2. The maximum absolute atomic E-state index is 12.9. The van der Waals surface area contributed by atoms with Gasteiger partial charge in [-0.2, -0.15) is 0 Å². The third-order valence-corrected chi connectivity index (χ3v) is 6.34. The molecule has 0 saturated carbocycles. The summed E-state index contributed by atoms with van der Waals surface area (Å²) < 4.78 is 4.99. The normalized spacial score (nSPS) is 19.9. The van der Waals surface area contributed by atoms with Crippen LogP contribution in [0.4, 0.5) is 0 Å². The molecule has 0 aliphatic carbocycles. The van der Waals surface area contributed by atoms with Crippen molar-refractivity contribution in [2.45, 2.75) is 31.8 Å². The summed E-state index contributed by atoms with van der Waals surface area (Å²) in [6.45, 7) is 2.59. The number of furan rings is 1. The van der Waals surface area contributed by atoms with Gasteiger partial charge < -0.3 is 19.3 Å². The number of amides is 2. The first-order chi connectivity index (χ1) is 14.1.